The van der Waals surface area contributed by atoms with Crippen molar-refractivity contribution in [3.05, 3.63) is 97.2 Å². The van der Waals surface area contributed by atoms with Gasteiger partial charge in [0.15, 0.2) is 6.29 Å². The maximum absolute atomic E-state index is 12.9. The van der Waals surface area contributed by atoms with Crippen LogP contribution in [0.4, 0.5) is 0 Å². The molecular formula is C59H100O12S. The quantitative estimate of drug-likeness (QED) is 0.0196. The number of hydrogen-bond acceptors (Lipinski definition) is 11. The topological polar surface area (TPSA) is 178 Å². The molecule has 4 N–H and O–H groups in total. The lowest BCUT2D eigenvalue weighted by atomic mass is 9.99. The van der Waals surface area contributed by atoms with Gasteiger partial charge in [0.1, 0.15) is 30.5 Å². The lowest BCUT2D eigenvalue weighted by molar-refractivity contribution is -0.301. The van der Waals surface area contributed by atoms with E-state index in [1.54, 1.807) is 0 Å². The first-order valence-corrected chi connectivity index (χ1v) is 29.4. The first kappa shape index (κ1) is 67.0. The molecule has 13 heteroatoms. The van der Waals surface area contributed by atoms with Crippen LogP contribution in [0.2, 0.25) is 0 Å². The molecule has 6 unspecified atom stereocenters. The number of carbonyl (C=O) groups excluding carboxylic acids is 1. The molecule has 12 nitrogen and oxygen atoms in total. The first-order valence-electron chi connectivity index (χ1n) is 28.0. The van der Waals surface area contributed by atoms with Crippen LogP contribution in [0.25, 0.3) is 0 Å². The van der Waals surface area contributed by atoms with Gasteiger partial charge in [-0.3, -0.25) is 9.35 Å². The maximum atomic E-state index is 12.9. The van der Waals surface area contributed by atoms with Crippen molar-refractivity contribution in [3.63, 3.8) is 0 Å². The highest BCUT2D eigenvalue weighted by Crippen LogP contribution is 2.26. The number of aliphatic hydroxyl groups is 3. The second kappa shape index (κ2) is 48.9. The Labute approximate surface area is 437 Å². The molecule has 6 atom stereocenters. The van der Waals surface area contributed by atoms with E-state index in [2.05, 4.69) is 115 Å². The number of allylic oxidation sites excluding steroid dienone is 16. The van der Waals surface area contributed by atoms with Gasteiger partial charge < -0.3 is 34.3 Å². The van der Waals surface area contributed by atoms with Gasteiger partial charge in [0.05, 0.1) is 19.8 Å². The third-order valence-corrected chi connectivity index (χ3v) is 12.7. The molecule has 0 aromatic carbocycles. The minimum Gasteiger partial charge on any atom is -0.457 e. The van der Waals surface area contributed by atoms with Gasteiger partial charge in [-0.25, -0.2) is 4.18 Å². The molecule has 0 aliphatic carbocycles. The van der Waals surface area contributed by atoms with Crippen LogP contribution >= 0.6 is 0 Å². The molecule has 0 bridgehead atoms. The summed E-state index contributed by atoms with van der Waals surface area (Å²) >= 11 is 0. The molecule has 1 heterocycles. The van der Waals surface area contributed by atoms with E-state index >= 15 is 0 Å². The smallest absolute Gasteiger partial charge is 0.397 e. The minimum absolute atomic E-state index is 0.0181. The van der Waals surface area contributed by atoms with Crippen molar-refractivity contribution in [1.29, 1.82) is 0 Å². The Hall–Kier alpha value is -2.98. The minimum atomic E-state index is -5.08. The van der Waals surface area contributed by atoms with E-state index in [0.29, 0.717) is 13.0 Å². The molecule has 0 amide bonds. The zero-order valence-corrected chi connectivity index (χ0v) is 45.5. The molecule has 0 aromatic heterocycles. The van der Waals surface area contributed by atoms with Crippen molar-refractivity contribution in [2.24, 2.45) is 0 Å². The highest BCUT2D eigenvalue weighted by atomic mass is 32.3. The largest absolute Gasteiger partial charge is 0.457 e. The summed E-state index contributed by atoms with van der Waals surface area (Å²) in [7, 11) is -5.08. The summed E-state index contributed by atoms with van der Waals surface area (Å²) in [4.78, 5) is 12.9. The van der Waals surface area contributed by atoms with Gasteiger partial charge in [-0.1, -0.05) is 201 Å². The predicted octanol–water partition coefficient (Wildman–Crippen LogP) is 13.8. The molecule has 1 aliphatic heterocycles. The van der Waals surface area contributed by atoms with Crippen molar-refractivity contribution in [2.45, 2.75) is 243 Å². The summed E-state index contributed by atoms with van der Waals surface area (Å²) in [6.07, 6.45) is 58.6. The fraction of sp³-hybridized carbons (Fsp3) is 0.712. The predicted molar refractivity (Wildman–Crippen MR) is 294 cm³/mol. The third-order valence-electron chi connectivity index (χ3n) is 12.2. The van der Waals surface area contributed by atoms with Crippen LogP contribution in [0.3, 0.4) is 0 Å². The second-order valence-electron chi connectivity index (χ2n) is 18.8. The number of unbranched alkanes of at least 4 members (excludes halogenated alkanes) is 19. The Morgan fingerprint density at radius 2 is 0.958 bits per heavy atom. The van der Waals surface area contributed by atoms with E-state index in [1.807, 2.05) is 0 Å². The SMILES string of the molecule is CC/C=C\C/C=C\C/C=C\C/C=C\C/C=C\CCCCCCCC(=O)OC(COCCCCCCCCCCC/C=C\C/C=C\C/C=C\CCCCCCC)COC1OC(CO)C(O)C(OS(=O)(=O)O)C1O. The van der Waals surface area contributed by atoms with Crippen LogP contribution in [0.1, 0.15) is 206 Å². The number of carbonyl (C=O) groups is 1. The average Bonchev–Trinajstić information content (AvgIpc) is 3.36. The van der Waals surface area contributed by atoms with Crippen molar-refractivity contribution in [2.75, 3.05) is 26.4 Å². The second-order valence-corrected chi connectivity index (χ2v) is 19.8. The average molecular weight is 1030 g/mol. The van der Waals surface area contributed by atoms with Crippen molar-refractivity contribution in [3.8, 4) is 0 Å². The van der Waals surface area contributed by atoms with Crippen molar-refractivity contribution >= 4 is 16.4 Å². The van der Waals surface area contributed by atoms with E-state index in [4.69, 9.17) is 18.9 Å². The first-order chi connectivity index (χ1) is 35.1. The van der Waals surface area contributed by atoms with Crippen LogP contribution in [0.5, 0.6) is 0 Å². The fourth-order valence-electron chi connectivity index (χ4n) is 8.00. The van der Waals surface area contributed by atoms with Gasteiger partial charge >= 0.3 is 16.4 Å². The van der Waals surface area contributed by atoms with Gasteiger partial charge in [0, 0.05) is 13.0 Å². The normalized spacial score (nSPS) is 19.7. The molecule has 0 aromatic rings. The Kier molecular flexibility index (Phi) is 45.6. The standard InChI is InChI=1S/C59H100O12S/c1-3-5-7-9-11-13-15-17-19-21-23-25-26-27-29-31-33-35-37-39-41-43-45-47-49-67-51-53(52-68-59-57(63)58(71-72(64,65)66)56(62)54(50-60)70-59)69-55(61)48-46-44-42-40-38-36-34-32-30-28-24-22-20-18-16-14-12-10-8-6-4-2/h6,8,12,14-15,17-18,20-21,23-24,26-28,32,34,53-54,56-60,62-63H,3-5,7,9-11,13,16,19,22,25,29-31,33,35-52H2,1-2H3,(H,64,65,66)/b8-6-,14-12-,17-15-,20-18-,23-21-,27-26-,28-24-,34-32-. The molecule has 414 valence electrons. The Balaban J connectivity index is 2.35. The molecule has 1 rings (SSSR count). The van der Waals surface area contributed by atoms with Crippen LogP contribution in [-0.4, -0.2) is 97.5 Å². The lowest BCUT2D eigenvalue weighted by Gasteiger charge is -2.41. The lowest BCUT2D eigenvalue weighted by Crippen LogP contribution is -2.60. The van der Waals surface area contributed by atoms with E-state index in [9.17, 15) is 33.1 Å². The van der Waals surface area contributed by atoms with Crippen LogP contribution in [0, 0.1) is 0 Å². The Morgan fingerprint density at radius 3 is 1.40 bits per heavy atom. The number of ether oxygens (including phenoxy) is 4. The number of esters is 1. The highest BCUT2D eigenvalue weighted by molar-refractivity contribution is 7.80. The van der Waals surface area contributed by atoms with Gasteiger partial charge in [0.2, 0.25) is 0 Å². The van der Waals surface area contributed by atoms with E-state index < -0.39 is 59.8 Å². The Morgan fingerprint density at radius 1 is 0.542 bits per heavy atom. The van der Waals surface area contributed by atoms with Crippen molar-refractivity contribution < 1.29 is 56.2 Å². The maximum Gasteiger partial charge on any atom is 0.397 e. The van der Waals surface area contributed by atoms with E-state index in [-0.39, 0.29) is 19.6 Å². The zero-order valence-electron chi connectivity index (χ0n) is 44.7. The molecule has 0 radical (unpaired) electrons. The summed E-state index contributed by atoms with van der Waals surface area (Å²) in [6.45, 7) is 3.83. The molecule has 1 fully saturated rings. The third kappa shape index (κ3) is 41.4. The van der Waals surface area contributed by atoms with Gasteiger partial charge in [-0.15, -0.1) is 0 Å². The van der Waals surface area contributed by atoms with E-state index in [0.717, 1.165) is 103 Å². The molecule has 1 aliphatic rings. The van der Waals surface area contributed by atoms with E-state index in [1.165, 1.54) is 77.0 Å². The fourth-order valence-corrected chi connectivity index (χ4v) is 8.51. The summed E-state index contributed by atoms with van der Waals surface area (Å²) < 4.78 is 59.4. The summed E-state index contributed by atoms with van der Waals surface area (Å²) in [5, 5.41) is 30.8. The van der Waals surface area contributed by atoms with Crippen LogP contribution in [-0.2, 0) is 38.3 Å². The molecule has 0 spiro atoms. The molecule has 72 heavy (non-hydrogen) atoms. The van der Waals surface area contributed by atoms with Crippen LogP contribution < -0.4 is 0 Å². The summed E-state index contributed by atoms with van der Waals surface area (Å²) in [5.41, 5.74) is 0. The van der Waals surface area contributed by atoms with Crippen molar-refractivity contribution in [1.82, 2.24) is 0 Å². The summed E-state index contributed by atoms with van der Waals surface area (Å²) in [5.74, 6) is -0.422. The highest BCUT2D eigenvalue weighted by Gasteiger charge is 2.48. The zero-order chi connectivity index (χ0) is 52.4. The molecule has 0 saturated carbocycles. The van der Waals surface area contributed by atoms with Gasteiger partial charge in [-0.05, 0) is 96.3 Å². The number of hydrogen-bond donors (Lipinski definition) is 4. The Bertz CT molecular complexity index is 1620. The number of rotatable bonds is 48. The molecule has 1 saturated heterocycles. The summed E-state index contributed by atoms with van der Waals surface area (Å²) in [6, 6.07) is 0. The monoisotopic (exact) mass is 1030 g/mol. The van der Waals surface area contributed by atoms with Crippen LogP contribution in [0.15, 0.2) is 97.2 Å². The number of aliphatic hydroxyl groups excluding tert-OH is 3. The molecular weight excluding hydrogens is 933 g/mol. The van der Waals surface area contributed by atoms with Gasteiger partial charge in [-0.2, -0.15) is 8.42 Å². The van der Waals surface area contributed by atoms with Gasteiger partial charge in [0.25, 0.3) is 0 Å².